The van der Waals surface area contributed by atoms with Crippen molar-refractivity contribution in [2.24, 2.45) is 5.92 Å². The molecular weight excluding hydrogens is 240 g/mol. The molecule has 1 aliphatic rings. The second-order valence-electron chi connectivity index (χ2n) is 7.16. The molecule has 1 saturated heterocycles. The Bertz CT molecular complexity index is 311. The molecule has 1 rings (SSSR count). The third kappa shape index (κ3) is 3.85. The molecule has 1 amide bonds. The van der Waals surface area contributed by atoms with Crippen molar-refractivity contribution in [2.45, 2.75) is 58.6 Å². The highest BCUT2D eigenvalue weighted by molar-refractivity contribution is 5.68. The summed E-state index contributed by atoms with van der Waals surface area (Å²) in [5, 5.41) is 0. The summed E-state index contributed by atoms with van der Waals surface area (Å²) in [6.07, 6.45) is 1.99. The van der Waals surface area contributed by atoms with E-state index in [0.717, 1.165) is 25.9 Å². The SMILES string of the molecule is CC(C)C1(N(C)C)CCCN(C(=O)OC(C)(C)C)C1. The molecule has 1 heterocycles. The number of piperidine rings is 1. The molecule has 0 bridgehead atoms. The lowest BCUT2D eigenvalue weighted by atomic mass is 9.78. The fourth-order valence-electron chi connectivity index (χ4n) is 2.90. The van der Waals surface area contributed by atoms with Crippen molar-refractivity contribution < 1.29 is 9.53 Å². The average Bonchev–Trinajstić information content (AvgIpc) is 2.26. The first kappa shape index (κ1) is 16.3. The van der Waals surface area contributed by atoms with Crippen molar-refractivity contribution in [3.8, 4) is 0 Å². The molecule has 1 atom stereocenters. The summed E-state index contributed by atoms with van der Waals surface area (Å²) in [5.41, 5.74) is -0.359. The molecule has 0 radical (unpaired) electrons. The Morgan fingerprint density at radius 1 is 1.32 bits per heavy atom. The zero-order valence-corrected chi connectivity index (χ0v) is 13.6. The average molecular weight is 270 g/mol. The van der Waals surface area contributed by atoms with E-state index in [1.807, 2.05) is 25.7 Å². The van der Waals surface area contributed by atoms with Gasteiger partial charge in [-0.3, -0.25) is 0 Å². The van der Waals surface area contributed by atoms with Gasteiger partial charge in [-0.25, -0.2) is 4.79 Å². The van der Waals surface area contributed by atoms with Crippen molar-refractivity contribution in [2.75, 3.05) is 27.2 Å². The minimum atomic E-state index is -0.423. The zero-order chi connectivity index (χ0) is 14.8. The molecule has 1 aliphatic heterocycles. The summed E-state index contributed by atoms with van der Waals surface area (Å²) in [4.78, 5) is 16.4. The number of carbonyl (C=O) groups excluding carboxylic acids is 1. The van der Waals surface area contributed by atoms with Gasteiger partial charge in [-0.05, 0) is 53.6 Å². The van der Waals surface area contributed by atoms with E-state index >= 15 is 0 Å². The summed E-state index contributed by atoms with van der Waals surface area (Å²) in [6, 6.07) is 0. The highest BCUT2D eigenvalue weighted by Crippen LogP contribution is 2.33. The van der Waals surface area contributed by atoms with E-state index in [4.69, 9.17) is 4.74 Å². The van der Waals surface area contributed by atoms with Crippen LogP contribution < -0.4 is 0 Å². The quantitative estimate of drug-likeness (QED) is 0.773. The first-order valence-electron chi connectivity index (χ1n) is 7.24. The molecule has 1 fully saturated rings. The van der Waals surface area contributed by atoms with E-state index in [2.05, 4.69) is 32.8 Å². The Hall–Kier alpha value is -0.770. The number of nitrogens with zero attached hydrogens (tertiary/aromatic N) is 2. The lowest BCUT2D eigenvalue weighted by Crippen LogP contribution is -2.60. The van der Waals surface area contributed by atoms with Gasteiger partial charge in [-0.2, -0.15) is 0 Å². The molecule has 4 heteroatoms. The third-order valence-corrected chi connectivity index (χ3v) is 4.12. The van der Waals surface area contributed by atoms with Crippen LogP contribution in [0.2, 0.25) is 0 Å². The van der Waals surface area contributed by atoms with E-state index in [0.29, 0.717) is 5.92 Å². The number of carbonyl (C=O) groups is 1. The first-order chi connectivity index (χ1) is 8.58. The molecule has 0 aromatic heterocycles. The van der Waals surface area contributed by atoms with E-state index in [-0.39, 0.29) is 11.6 Å². The van der Waals surface area contributed by atoms with Crippen LogP contribution in [0, 0.1) is 5.92 Å². The standard InChI is InChI=1S/C15H30N2O2/c1-12(2)15(16(6)7)9-8-10-17(11-15)13(18)19-14(3,4)5/h12H,8-11H2,1-7H3. The number of ether oxygens (including phenoxy) is 1. The van der Waals surface area contributed by atoms with Gasteiger partial charge in [0.05, 0.1) is 0 Å². The minimum absolute atomic E-state index is 0.0646. The fraction of sp³-hybridized carbons (Fsp3) is 0.933. The Morgan fingerprint density at radius 3 is 2.32 bits per heavy atom. The van der Waals surface area contributed by atoms with Gasteiger partial charge in [0.25, 0.3) is 0 Å². The van der Waals surface area contributed by atoms with E-state index in [1.165, 1.54) is 0 Å². The highest BCUT2D eigenvalue weighted by Gasteiger charge is 2.42. The van der Waals surface area contributed by atoms with Crippen LogP contribution in [0.1, 0.15) is 47.5 Å². The Kier molecular flexibility index (Phi) is 4.88. The van der Waals surface area contributed by atoms with Gasteiger partial charge in [0, 0.05) is 18.6 Å². The van der Waals surface area contributed by atoms with Crippen molar-refractivity contribution in [3.05, 3.63) is 0 Å². The molecule has 0 aromatic carbocycles. The summed E-state index contributed by atoms with van der Waals surface area (Å²) in [5.74, 6) is 0.507. The number of hydrogen-bond acceptors (Lipinski definition) is 3. The molecule has 0 N–H and O–H groups in total. The van der Waals surface area contributed by atoms with Crippen molar-refractivity contribution in [3.63, 3.8) is 0 Å². The monoisotopic (exact) mass is 270 g/mol. The second kappa shape index (κ2) is 5.70. The van der Waals surface area contributed by atoms with Crippen molar-refractivity contribution in [1.82, 2.24) is 9.80 Å². The number of hydrogen-bond donors (Lipinski definition) is 0. The Labute approximate surface area is 118 Å². The molecule has 0 saturated carbocycles. The van der Waals surface area contributed by atoms with Gasteiger partial charge in [-0.15, -0.1) is 0 Å². The first-order valence-corrected chi connectivity index (χ1v) is 7.24. The summed E-state index contributed by atoms with van der Waals surface area (Å²) >= 11 is 0. The molecule has 4 nitrogen and oxygen atoms in total. The predicted octanol–water partition coefficient (Wildman–Crippen LogP) is 2.97. The van der Waals surface area contributed by atoms with Crippen molar-refractivity contribution in [1.29, 1.82) is 0 Å². The van der Waals surface area contributed by atoms with E-state index in [1.54, 1.807) is 0 Å². The maximum absolute atomic E-state index is 12.2. The maximum Gasteiger partial charge on any atom is 0.410 e. The number of rotatable bonds is 2. The molecule has 0 aliphatic carbocycles. The van der Waals surface area contributed by atoms with Gasteiger partial charge < -0.3 is 14.5 Å². The highest BCUT2D eigenvalue weighted by atomic mass is 16.6. The summed E-state index contributed by atoms with van der Waals surface area (Å²) < 4.78 is 5.50. The van der Waals surface area contributed by atoms with Gasteiger partial charge >= 0.3 is 6.09 Å². The van der Waals surface area contributed by atoms with Crippen LogP contribution in [-0.4, -0.2) is 54.2 Å². The number of amides is 1. The minimum Gasteiger partial charge on any atom is -0.444 e. The third-order valence-electron chi connectivity index (χ3n) is 4.12. The van der Waals surface area contributed by atoms with Gasteiger partial charge in [-0.1, -0.05) is 13.8 Å². The fourth-order valence-corrected chi connectivity index (χ4v) is 2.90. The number of likely N-dealkylation sites (N-methyl/N-ethyl adjacent to an activating group) is 1. The van der Waals surface area contributed by atoms with Crippen LogP contribution >= 0.6 is 0 Å². The van der Waals surface area contributed by atoms with Gasteiger partial charge in [0.15, 0.2) is 0 Å². The summed E-state index contributed by atoms with van der Waals surface area (Å²) in [7, 11) is 4.22. The summed E-state index contributed by atoms with van der Waals surface area (Å²) in [6.45, 7) is 11.8. The van der Waals surface area contributed by atoms with Crippen LogP contribution in [0.3, 0.4) is 0 Å². The molecule has 1 unspecified atom stereocenters. The smallest absolute Gasteiger partial charge is 0.410 e. The molecule has 19 heavy (non-hydrogen) atoms. The zero-order valence-electron chi connectivity index (χ0n) is 13.6. The lowest BCUT2D eigenvalue weighted by molar-refractivity contribution is -0.0185. The van der Waals surface area contributed by atoms with Crippen LogP contribution in [0.15, 0.2) is 0 Å². The molecule has 112 valence electrons. The predicted molar refractivity (Wildman–Crippen MR) is 78.3 cm³/mol. The van der Waals surface area contributed by atoms with Crippen LogP contribution in [0.4, 0.5) is 4.79 Å². The van der Waals surface area contributed by atoms with Gasteiger partial charge in [0.2, 0.25) is 0 Å². The normalized spacial score (nSPS) is 25.0. The Morgan fingerprint density at radius 2 is 1.89 bits per heavy atom. The van der Waals surface area contributed by atoms with Crippen LogP contribution in [-0.2, 0) is 4.74 Å². The van der Waals surface area contributed by atoms with Crippen LogP contribution in [0.5, 0.6) is 0 Å². The van der Waals surface area contributed by atoms with E-state index < -0.39 is 5.60 Å². The topological polar surface area (TPSA) is 32.8 Å². The van der Waals surface area contributed by atoms with E-state index in [9.17, 15) is 4.79 Å². The lowest BCUT2D eigenvalue weighted by Gasteiger charge is -2.49. The maximum atomic E-state index is 12.2. The van der Waals surface area contributed by atoms with Crippen molar-refractivity contribution >= 4 is 6.09 Å². The molecule has 0 aromatic rings. The van der Waals surface area contributed by atoms with Crippen LogP contribution in [0.25, 0.3) is 0 Å². The second-order valence-corrected chi connectivity index (χ2v) is 7.16. The van der Waals surface area contributed by atoms with Gasteiger partial charge in [0.1, 0.15) is 5.60 Å². The number of likely N-dealkylation sites (tertiary alicyclic amines) is 1. The largest absolute Gasteiger partial charge is 0.444 e. The Balaban J connectivity index is 2.81. The molecular formula is C15H30N2O2. The molecule has 0 spiro atoms.